The molecule has 0 aliphatic carbocycles. The molecule has 1 rings (SSSR count). The van der Waals surface area contributed by atoms with Crippen LogP contribution < -0.4 is 10.6 Å². The van der Waals surface area contributed by atoms with Crippen molar-refractivity contribution in [2.75, 3.05) is 46.1 Å². The second kappa shape index (κ2) is 13.2. The second-order valence-corrected chi connectivity index (χ2v) is 5.98. The van der Waals surface area contributed by atoms with Crippen molar-refractivity contribution < 1.29 is 28.8 Å². The molecule has 0 aromatic heterocycles. The van der Waals surface area contributed by atoms with Crippen LogP contribution >= 0.6 is 0 Å². The van der Waals surface area contributed by atoms with Gasteiger partial charge < -0.3 is 34.7 Å². The van der Waals surface area contributed by atoms with Gasteiger partial charge in [0.2, 0.25) is 5.91 Å². The molecule has 2 unspecified atom stereocenters. The van der Waals surface area contributed by atoms with E-state index < -0.39 is 12.4 Å². The SMILES string of the molecule is C=C(C)C(=O)NCCCNCC(O)COC(C)OCCC1OCCO1. The summed E-state index contributed by atoms with van der Waals surface area (Å²) in [7, 11) is 0. The van der Waals surface area contributed by atoms with Gasteiger partial charge in [-0.15, -0.1) is 0 Å². The Hall–Kier alpha value is -1.03. The molecule has 1 aliphatic heterocycles. The molecule has 0 aromatic carbocycles. The first-order valence-electron chi connectivity index (χ1n) is 8.78. The highest BCUT2D eigenvalue weighted by atomic mass is 16.7. The maximum Gasteiger partial charge on any atom is 0.246 e. The minimum atomic E-state index is -0.613. The highest BCUT2D eigenvalue weighted by molar-refractivity contribution is 5.91. The number of rotatable bonds is 14. The van der Waals surface area contributed by atoms with E-state index in [9.17, 15) is 9.90 Å². The van der Waals surface area contributed by atoms with Gasteiger partial charge in [-0.3, -0.25) is 4.79 Å². The number of amides is 1. The van der Waals surface area contributed by atoms with Crippen molar-refractivity contribution in [1.29, 1.82) is 0 Å². The Balaban J connectivity index is 1.91. The van der Waals surface area contributed by atoms with E-state index in [1.54, 1.807) is 13.8 Å². The van der Waals surface area contributed by atoms with Crippen molar-refractivity contribution in [3.8, 4) is 0 Å². The van der Waals surface area contributed by atoms with Gasteiger partial charge in [-0.05, 0) is 26.8 Å². The van der Waals surface area contributed by atoms with Gasteiger partial charge in [-0.25, -0.2) is 0 Å². The molecule has 25 heavy (non-hydrogen) atoms. The number of carbonyl (C=O) groups is 1. The summed E-state index contributed by atoms with van der Waals surface area (Å²) < 4.78 is 21.6. The lowest BCUT2D eigenvalue weighted by atomic mass is 10.3. The van der Waals surface area contributed by atoms with Gasteiger partial charge >= 0.3 is 0 Å². The summed E-state index contributed by atoms with van der Waals surface area (Å²) in [5, 5.41) is 15.7. The normalized spacial score (nSPS) is 17.4. The molecule has 0 bridgehead atoms. The van der Waals surface area contributed by atoms with Crippen molar-refractivity contribution in [2.24, 2.45) is 0 Å². The molecule has 146 valence electrons. The number of nitrogens with one attached hydrogen (secondary N) is 2. The predicted molar refractivity (Wildman–Crippen MR) is 93.0 cm³/mol. The summed E-state index contributed by atoms with van der Waals surface area (Å²) in [6.45, 7) is 10.7. The molecule has 0 spiro atoms. The standard InChI is InChI=1S/C17H32N2O6/c1-13(2)17(21)19-7-4-6-18-11-15(20)12-25-14(3)22-8-5-16-23-9-10-24-16/h14-16,18,20H,1,4-12H2,2-3H3,(H,19,21). The van der Waals surface area contributed by atoms with E-state index in [0.717, 1.165) is 6.42 Å². The molecular formula is C17H32N2O6. The molecule has 1 heterocycles. The van der Waals surface area contributed by atoms with Crippen molar-refractivity contribution >= 4 is 5.91 Å². The molecule has 8 nitrogen and oxygen atoms in total. The molecule has 1 saturated heterocycles. The maximum atomic E-state index is 11.3. The topological polar surface area (TPSA) is 98.3 Å². The molecule has 1 amide bonds. The fraction of sp³-hybridized carbons (Fsp3) is 0.824. The Kier molecular flexibility index (Phi) is 11.6. The van der Waals surface area contributed by atoms with E-state index in [2.05, 4.69) is 17.2 Å². The van der Waals surface area contributed by atoms with Gasteiger partial charge in [0.25, 0.3) is 0 Å². The summed E-state index contributed by atoms with van der Waals surface area (Å²) in [6, 6.07) is 0. The highest BCUT2D eigenvalue weighted by Crippen LogP contribution is 2.08. The highest BCUT2D eigenvalue weighted by Gasteiger charge is 2.16. The average Bonchev–Trinajstić information content (AvgIpc) is 3.09. The van der Waals surface area contributed by atoms with Crippen LogP contribution in [0.25, 0.3) is 0 Å². The number of ether oxygens (including phenoxy) is 4. The average molecular weight is 360 g/mol. The van der Waals surface area contributed by atoms with Crippen LogP contribution in [0.4, 0.5) is 0 Å². The van der Waals surface area contributed by atoms with Crippen LogP contribution in [0, 0.1) is 0 Å². The Morgan fingerprint density at radius 3 is 2.72 bits per heavy atom. The Morgan fingerprint density at radius 1 is 1.32 bits per heavy atom. The maximum absolute atomic E-state index is 11.3. The van der Waals surface area contributed by atoms with Crippen molar-refractivity contribution in [2.45, 2.75) is 45.4 Å². The van der Waals surface area contributed by atoms with E-state index in [4.69, 9.17) is 18.9 Å². The number of carbonyl (C=O) groups excluding carboxylic acids is 1. The van der Waals surface area contributed by atoms with Crippen LogP contribution in [0.2, 0.25) is 0 Å². The van der Waals surface area contributed by atoms with Gasteiger partial charge in [-0.1, -0.05) is 6.58 Å². The zero-order chi connectivity index (χ0) is 18.5. The molecule has 1 aliphatic rings. The van der Waals surface area contributed by atoms with E-state index in [1.807, 2.05) is 0 Å². The molecule has 1 fully saturated rings. The summed E-state index contributed by atoms with van der Waals surface area (Å²) in [6.07, 6.45) is 0.255. The van der Waals surface area contributed by atoms with Gasteiger partial charge in [0, 0.05) is 25.1 Å². The third-order valence-corrected chi connectivity index (χ3v) is 3.50. The van der Waals surface area contributed by atoms with Gasteiger partial charge in [0.05, 0.1) is 32.5 Å². The van der Waals surface area contributed by atoms with Crippen molar-refractivity contribution in [3.05, 3.63) is 12.2 Å². The number of hydrogen-bond acceptors (Lipinski definition) is 7. The molecule has 0 aromatic rings. The molecular weight excluding hydrogens is 328 g/mol. The number of hydrogen-bond donors (Lipinski definition) is 3. The lowest BCUT2D eigenvalue weighted by Crippen LogP contribution is -2.34. The third-order valence-electron chi connectivity index (χ3n) is 3.50. The fourth-order valence-electron chi connectivity index (χ4n) is 2.09. The monoisotopic (exact) mass is 360 g/mol. The van der Waals surface area contributed by atoms with E-state index in [0.29, 0.717) is 51.4 Å². The number of aliphatic hydroxyl groups is 1. The summed E-state index contributed by atoms with van der Waals surface area (Å²) in [5.41, 5.74) is 0.500. The Bertz CT molecular complexity index is 387. The minimum Gasteiger partial charge on any atom is -0.389 e. The van der Waals surface area contributed by atoms with Gasteiger partial charge in [-0.2, -0.15) is 0 Å². The first-order chi connectivity index (χ1) is 12.0. The quantitative estimate of drug-likeness (QED) is 0.231. The Morgan fingerprint density at radius 2 is 2.04 bits per heavy atom. The minimum absolute atomic E-state index is 0.131. The zero-order valence-electron chi connectivity index (χ0n) is 15.3. The van der Waals surface area contributed by atoms with E-state index in [1.165, 1.54) is 0 Å². The zero-order valence-corrected chi connectivity index (χ0v) is 15.3. The number of aliphatic hydroxyl groups excluding tert-OH is 1. The third kappa shape index (κ3) is 11.2. The van der Waals surface area contributed by atoms with Gasteiger partial charge in [0.1, 0.15) is 0 Å². The van der Waals surface area contributed by atoms with Crippen LogP contribution in [0.5, 0.6) is 0 Å². The first kappa shape index (κ1) is 22.0. The van der Waals surface area contributed by atoms with E-state index in [-0.39, 0.29) is 18.8 Å². The van der Waals surface area contributed by atoms with Crippen molar-refractivity contribution in [1.82, 2.24) is 10.6 Å². The smallest absolute Gasteiger partial charge is 0.246 e. The largest absolute Gasteiger partial charge is 0.389 e. The summed E-state index contributed by atoms with van der Waals surface area (Å²) in [5.74, 6) is -0.131. The fourth-order valence-corrected chi connectivity index (χ4v) is 2.09. The van der Waals surface area contributed by atoms with E-state index >= 15 is 0 Å². The predicted octanol–water partition coefficient (Wildman–Crippen LogP) is 0.162. The van der Waals surface area contributed by atoms with Crippen LogP contribution in [0.1, 0.15) is 26.7 Å². The second-order valence-electron chi connectivity index (χ2n) is 5.98. The molecule has 2 atom stereocenters. The summed E-state index contributed by atoms with van der Waals surface area (Å²) in [4.78, 5) is 11.3. The Labute approximate surface area is 149 Å². The lowest BCUT2D eigenvalue weighted by molar-refractivity contribution is -0.157. The molecule has 0 radical (unpaired) electrons. The van der Waals surface area contributed by atoms with Crippen LogP contribution in [-0.2, 0) is 23.7 Å². The molecule has 3 N–H and O–H groups in total. The van der Waals surface area contributed by atoms with Gasteiger partial charge in [0.15, 0.2) is 12.6 Å². The molecule has 0 saturated carbocycles. The van der Waals surface area contributed by atoms with Crippen LogP contribution in [0.3, 0.4) is 0 Å². The first-order valence-corrected chi connectivity index (χ1v) is 8.78. The van der Waals surface area contributed by atoms with Crippen molar-refractivity contribution in [3.63, 3.8) is 0 Å². The molecule has 8 heteroatoms. The van der Waals surface area contributed by atoms with Crippen LogP contribution in [-0.4, -0.2) is 75.8 Å². The summed E-state index contributed by atoms with van der Waals surface area (Å²) >= 11 is 0. The lowest BCUT2D eigenvalue weighted by Gasteiger charge is -2.18. The van der Waals surface area contributed by atoms with Crippen LogP contribution in [0.15, 0.2) is 12.2 Å².